The Morgan fingerprint density at radius 3 is 2.53 bits per heavy atom. The lowest BCUT2D eigenvalue weighted by atomic mass is 10.1. The molecule has 0 bridgehead atoms. The van der Waals surface area contributed by atoms with E-state index < -0.39 is 12.6 Å². The van der Waals surface area contributed by atoms with Gasteiger partial charge in [0.15, 0.2) is 5.34 Å². The van der Waals surface area contributed by atoms with Gasteiger partial charge in [0.05, 0.1) is 0 Å². The SMILES string of the molecule is CNCOc1cc(C)c(OC(=O)CON=O)cc1C. The summed E-state index contributed by atoms with van der Waals surface area (Å²) in [5.41, 5.74) is 1.57. The molecule has 0 aliphatic rings. The number of rotatable bonds is 7. The summed E-state index contributed by atoms with van der Waals surface area (Å²) < 4.78 is 10.5. The van der Waals surface area contributed by atoms with Crippen LogP contribution in [0.3, 0.4) is 0 Å². The van der Waals surface area contributed by atoms with E-state index in [0.29, 0.717) is 18.2 Å². The Balaban J connectivity index is 2.77. The molecule has 0 amide bonds. The molecule has 0 fully saturated rings. The van der Waals surface area contributed by atoms with Crippen molar-refractivity contribution in [2.24, 2.45) is 5.34 Å². The van der Waals surface area contributed by atoms with Crippen LogP contribution in [0.4, 0.5) is 0 Å². The van der Waals surface area contributed by atoms with E-state index in [1.807, 2.05) is 6.92 Å². The average molecular weight is 268 g/mol. The Bertz CT molecular complexity index is 462. The molecule has 0 unspecified atom stereocenters. The fourth-order valence-corrected chi connectivity index (χ4v) is 1.41. The standard InChI is InChI=1S/C12H16N2O5/c1-8-5-11(19-12(15)6-18-14-16)9(2)4-10(8)17-7-13-3/h4-5,13H,6-7H2,1-3H3. The Morgan fingerprint density at radius 2 is 1.89 bits per heavy atom. The van der Waals surface area contributed by atoms with Gasteiger partial charge in [-0.1, -0.05) is 0 Å². The number of esters is 1. The molecule has 0 heterocycles. The number of carbonyl (C=O) groups excluding carboxylic acids is 1. The van der Waals surface area contributed by atoms with Gasteiger partial charge in [-0.3, -0.25) is 5.32 Å². The molecule has 19 heavy (non-hydrogen) atoms. The van der Waals surface area contributed by atoms with E-state index in [4.69, 9.17) is 9.47 Å². The van der Waals surface area contributed by atoms with Crippen LogP contribution in [0.2, 0.25) is 0 Å². The monoisotopic (exact) mass is 268 g/mol. The van der Waals surface area contributed by atoms with Gasteiger partial charge in [-0.05, 0) is 44.2 Å². The van der Waals surface area contributed by atoms with E-state index in [1.165, 1.54) is 0 Å². The summed E-state index contributed by atoms with van der Waals surface area (Å²) in [4.78, 5) is 25.1. The summed E-state index contributed by atoms with van der Waals surface area (Å²) in [6.45, 7) is 3.50. The molecular weight excluding hydrogens is 252 g/mol. The van der Waals surface area contributed by atoms with Crippen LogP contribution in [0.5, 0.6) is 11.5 Å². The molecule has 0 aliphatic heterocycles. The van der Waals surface area contributed by atoms with Crippen LogP contribution in [-0.2, 0) is 9.63 Å². The molecule has 0 atom stereocenters. The number of ether oxygens (including phenoxy) is 2. The van der Waals surface area contributed by atoms with E-state index in [1.54, 1.807) is 26.1 Å². The lowest BCUT2D eigenvalue weighted by Gasteiger charge is -2.12. The van der Waals surface area contributed by atoms with Gasteiger partial charge < -0.3 is 14.3 Å². The molecule has 1 aromatic rings. The maximum atomic E-state index is 11.3. The third-order valence-corrected chi connectivity index (χ3v) is 2.30. The van der Waals surface area contributed by atoms with Crippen LogP contribution in [-0.4, -0.2) is 26.4 Å². The van der Waals surface area contributed by atoms with E-state index in [2.05, 4.69) is 15.5 Å². The summed E-state index contributed by atoms with van der Waals surface area (Å²) in [5, 5.41) is 5.00. The van der Waals surface area contributed by atoms with Crippen LogP contribution in [0.25, 0.3) is 0 Å². The lowest BCUT2D eigenvalue weighted by Crippen LogP contribution is -2.16. The van der Waals surface area contributed by atoms with Crippen molar-refractivity contribution < 1.29 is 19.1 Å². The lowest BCUT2D eigenvalue weighted by molar-refractivity contribution is -0.139. The van der Waals surface area contributed by atoms with Crippen molar-refractivity contribution in [3.63, 3.8) is 0 Å². The summed E-state index contributed by atoms with van der Waals surface area (Å²) in [6.07, 6.45) is 0. The molecule has 0 aromatic heterocycles. The second-order valence-corrected chi connectivity index (χ2v) is 3.85. The van der Waals surface area contributed by atoms with Crippen molar-refractivity contribution >= 4 is 5.97 Å². The van der Waals surface area contributed by atoms with Crippen molar-refractivity contribution in [2.75, 3.05) is 20.4 Å². The van der Waals surface area contributed by atoms with Gasteiger partial charge in [0.1, 0.15) is 18.2 Å². The van der Waals surface area contributed by atoms with Gasteiger partial charge in [0.25, 0.3) is 0 Å². The number of hydrogen-bond donors (Lipinski definition) is 1. The second-order valence-electron chi connectivity index (χ2n) is 3.85. The van der Waals surface area contributed by atoms with Crippen molar-refractivity contribution in [1.29, 1.82) is 0 Å². The third-order valence-electron chi connectivity index (χ3n) is 2.30. The van der Waals surface area contributed by atoms with Crippen molar-refractivity contribution in [3.8, 4) is 11.5 Å². The molecule has 7 heteroatoms. The van der Waals surface area contributed by atoms with Crippen LogP contribution < -0.4 is 14.8 Å². The van der Waals surface area contributed by atoms with Crippen molar-refractivity contribution in [1.82, 2.24) is 5.32 Å². The maximum Gasteiger partial charge on any atom is 0.352 e. The fraction of sp³-hybridized carbons (Fsp3) is 0.417. The van der Waals surface area contributed by atoms with E-state index in [-0.39, 0.29) is 0 Å². The highest BCUT2D eigenvalue weighted by molar-refractivity contribution is 5.74. The molecule has 104 valence electrons. The third kappa shape index (κ3) is 4.55. The van der Waals surface area contributed by atoms with E-state index in [9.17, 15) is 9.70 Å². The van der Waals surface area contributed by atoms with Crippen molar-refractivity contribution in [2.45, 2.75) is 13.8 Å². The molecule has 1 aromatic carbocycles. The van der Waals surface area contributed by atoms with Crippen LogP contribution in [0.15, 0.2) is 17.5 Å². The van der Waals surface area contributed by atoms with Crippen LogP contribution in [0.1, 0.15) is 11.1 Å². The molecular formula is C12H16N2O5. The minimum atomic E-state index is -0.689. The maximum absolute atomic E-state index is 11.3. The zero-order valence-corrected chi connectivity index (χ0v) is 11.1. The number of carbonyl (C=O) groups is 1. The van der Waals surface area contributed by atoms with Crippen LogP contribution in [0, 0.1) is 18.8 Å². The summed E-state index contributed by atoms with van der Waals surface area (Å²) in [7, 11) is 1.78. The predicted octanol–water partition coefficient (Wildman–Crippen LogP) is 1.46. The zero-order valence-electron chi connectivity index (χ0n) is 11.1. The average Bonchev–Trinajstić information content (AvgIpc) is 2.38. The largest absolute Gasteiger partial charge is 0.478 e. The van der Waals surface area contributed by atoms with Gasteiger partial charge >= 0.3 is 5.97 Å². The Morgan fingerprint density at radius 1 is 1.26 bits per heavy atom. The quantitative estimate of drug-likeness (QED) is 0.265. The Kier molecular flexibility index (Phi) is 5.74. The number of nitrogens with zero attached hydrogens (tertiary/aromatic N) is 1. The molecule has 0 saturated carbocycles. The first-order chi connectivity index (χ1) is 9.08. The summed E-state index contributed by atoms with van der Waals surface area (Å²) in [6, 6.07) is 3.46. The first kappa shape index (κ1) is 14.9. The van der Waals surface area contributed by atoms with Crippen LogP contribution >= 0.6 is 0 Å². The van der Waals surface area contributed by atoms with E-state index in [0.717, 1.165) is 11.1 Å². The number of aryl methyl sites for hydroxylation is 2. The Hall–Kier alpha value is -2.15. The van der Waals surface area contributed by atoms with Gasteiger partial charge in [-0.25, -0.2) is 4.79 Å². The molecule has 0 aliphatic carbocycles. The van der Waals surface area contributed by atoms with E-state index >= 15 is 0 Å². The van der Waals surface area contributed by atoms with Gasteiger partial charge in [0.2, 0.25) is 6.61 Å². The highest BCUT2D eigenvalue weighted by Crippen LogP contribution is 2.27. The van der Waals surface area contributed by atoms with Gasteiger partial charge in [-0.2, -0.15) is 0 Å². The molecule has 7 nitrogen and oxygen atoms in total. The zero-order chi connectivity index (χ0) is 14.3. The Labute approximate surface area is 110 Å². The predicted molar refractivity (Wildman–Crippen MR) is 67.9 cm³/mol. The highest BCUT2D eigenvalue weighted by Gasteiger charge is 2.11. The molecule has 0 saturated heterocycles. The molecule has 1 N–H and O–H groups in total. The summed E-state index contributed by atoms with van der Waals surface area (Å²) >= 11 is 0. The molecule has 0 spiro atoms. The fourth-order valence-electron chi connectivity index (χ4n) is 1.41. The molecule has 1 rings (SSSR count). The second kappa shape index (κ2) is 7.32. The minimum Gasteiger partial charge on any atom is -0.478 e. The smallest absolute Gasteiger partial charge is 0.352 e. The number of nitrogens with one attached hydrogen (secondary N) is 1. The normalized spacial score (nSPS) is 9.84. The number of hydrogen-bond acceptors (Lipinski definition) is 7. The van der Waals surface area contributed by atoms with Crippen molar-refractivity contribution in [3.05, 3.63) is 28.2 Å². The molecule has 0 radical (unpaired) electrons. The summed E-state index contributed by atoms with van der Waals surface area (Å²) in [5.74, 6) is 0.414. The topological polar surface area (TPSA) is 86.2 Å². The van der Waals surface area contributed by atoms with Gasteiger partial charge in [-0.15, -0.1) is 4.91 Å². The number of benzene rings is 1. The highest BCUT2D eigenvalue weighted by atomic mass is 16.7. The first-order valence-electron chi connectivity index (χ1n) is 5.62. The minimum absolute atomic E-state index is 0.387. The first-order valence-corrected chi connectivity index (χ1v) is 5.62. The van der Waals surface area contributed by atoms with Gasteiger partial charge in [0, 0.05) is 0 Å².